The second-order valence-corrected chi connectivity index (χ2v) is 36.1. The van der Waals surface area contributed by atoms with Gasteiger partial charge < -0.3 is 55.1 Å². The predicted molar refractivity (Wildman–Crippen MR) is 419 cm³/mol. The summed E-state index contributed by atoms with van der Waals surface area (Å²) < 4.78 is 210. The molecule has 7 N–H and O–H groups in total. The number of anilines is 1. The van der Waals surface area contributed by atoms with Crippen molar-refractivity contribution in [2.75, 3.05) is 18.5 Å². The molecule has 48 heteroatoms. The van der Waals surface area contributed by atoms with Crippen molar-refractivity contribution in [1.82, 2.24) is 0 Å². The SMILES string of the molecule is CCCC[N-]S(=O)(=O)c1ccc(C)cc1.CS([NH-])(=O)=O.Cc1ccc(S(=O)(=O)[N-]c2ccccc2)cc1.Cc1ccc(S([NH-])(=O)=O)cc1.O=C1[N-]S(=O)(=O)c2ccccc21.O=S(=O)([N-]c1ccccc1)c1ccccc1.[NH-]S(=O)(=O)c1ccc(Cl)cc1.[NH-]S(=O)(=O)c1ccc(N)cc1.[NH-]S(=O)(=O)c1ccccc1.[Na+].[Na+].[Na+].[Na+].[Na+].[Na+].[Na+].[Na+].[Na+]. The molecule has 0 bridgehead atoms. The van der Waals surface area contributed by atoms with Crippen molar-refractivity contribution < 1.29 is 347 Å². The molecule has 0 aliphatic carbocycles. The van der Waals surface area contributed by atoms with E-state index in [9.17, 15) is 80.6 Å². The van der Waals surface area contributed by atoms with Crippen molar-refractivity contribution in [3.8, 4) is 0 Å². The largest absolute Gasteiger partial charge is 1.00 e. The summed E-state index contributed by atoms with van der Waals surface area (Å²) in [5, 5.41) is 33.1. The summed E-state index contributed by atoms with van der Waals surface area (Å²) in [5.41, 5.74) is 9.88. The maximum atomic E-state index is 11.9. The van der Waals surface area contributed by atoms with E-state index in [0.717, 1.165) is 35.8 Å². The number of nitrogens with zero attached hydrogens (tertiary/aromatic N) is 4. The molecule has 117 heavy (non-hydrogen) atoms. The molecule has 582 valence electrons. The van der Waals surface area contributed by atoms with Crippen LogP contribution in [0.1, 0.15) is 46.8 Å². The number of aryl methyl sites for hydroxylation is 3. The van der Waals surface area contributed by atoms with Gasteiger partial charge in [-0.25, -0.2) is 75.8 Å². The fourth-order valence-corrected chi connectivity index (χ4v) is 13.7. The molecule has 0 saturated carbocycles. The summed E-state index contributed by atoms with van der Waals surface area (Å²) in [7, 11) is -32.9. The molecular weight excluding hydrogens is 1800 g/mol. The number of halogens is 1. The quantitative estimate of drug-likeness (QED) is 0.0566. The van der Waals surface area contributed by atoms with Gasteiger partial charge in [0.1, 0.15) is 40.1 Å². The van der Waals surface area contributed by atoms with Crippen molar-refractivity contribution in [2.45, 2.75) is 79.7 Å². The Morgan fingerprint density at radius 2 is 0.607 bits per heavy atom. The van der Waals surface area contributed by atoms with Gasteiger partial charge >= 0.3 is 266 Å². The standard InChI is InChI=1S/C13H12NO2S.C12H10NO2S.C11H16NO2S.C7H5NO3S.C7H8NO2S.C6H5ClNO2S.C6H7N2O2S.C6H6NO2S.CH4NO2S.9Na/c1-11-7-9-13(10-8-11)17(15,16)14-12-5-3-2-4-6-12;14-16(15,12-9-5-2-6-10-12)13-11-7-3-1-4-8-11;1-3-4-9-12-15(13,14)11-7-5-10(2)6-8-11;9-7-5-3-1-2-4-6(5)12(10,11)8-7;1-6-2-4-7(5-3-6)11(8,9)10;2*7-5-1-3-6(4-2-5)11(8,9)10;7-10(8,9)6-4-2-1-3-5-6;1-5(2,3)4;;;;;;;;;/h2-10H,1H3;1-10H;5-8H,3-4,9H2,1-2H3;1-4H,(H,8,9);2-5H,1H3,(H-,8,9,10);1-4H,(H-,8,9,10);1-4H,7H2,(H-,8,9,10);1-5H,(H-,7,8,9);1H3,(H-,2,3,4);;;;;;;;;/q3*-1;;5*-1;9*+1/p-1. The molecule has 10 aromatic carbocycles. The predicted octanol–water partition coefficient (Wildman–Crippen LogP) is -10.5. The van der Waals surface area contributed by atoms with Gasteiger partial charge in [-0.15, -0.1) is 17.9 Å². The normalized spacial score (nSPS) is 11.2. The average Bonchev–Trinajstić information content (AvgIpc) is 1.66. The van der Waals surface area contributed by atoms with Crippen molar-refractivity contribution in [2.24, 2.45) is 0 Å². The van der Waals surface area contributed by atoms with Gasteiger partial charge in [0, 0.05) is 47.0 Å². The first-order valence-electron chi connectivity index (χ1n) is 30.5. The number of hydrogen-bond acceptors (Lipinski definition) is 20. The fourth-order valence-electron chi connectivity index (χ4n) is 7.44. The third-order valence-electron chi connectivity index (χ3n) is 12.7. The van der Waals surface area contributed by atoms with E-state index >= 15 is 0 Å². The minimum atomic E-state index is -3.83. The molecule has 10 aromatic rings. The number of nitrogens with two attached hydrogens (primary N) is 1. The number of carbonyl (C=O) groups excluding carboxylic acids is 1. The molecule has 0 fully saturated rings. The molecule has 1 heterocycles. The Morgan fingerprint density at radius 1 is 0.359 bits per heavy atom. The first-order valence-corrected chi connectivity index (χ1v) is 44.5. The van der Waals surface area contributed by atoms with Crippen molar-refractivity contribution in [1.29, 1.82) is 0 Å². The molecule has 0 unspecified atom stereocenters. The van der Waals surface area contributed by atoms with E-state index in [1.165, 1.54) is 97.1 Å². The summed E-state index contributed by atoms with van der Waals surface area (Å²) in [6.07, 6.45) is 2.59. The minimum absolute atomic E-state index is 0. The third-order valence-corrected chi connectivity index (χ3v) is 21.9. The molecule has 1 amide bonds. The van der Waals surface area contributed by atoms with E-state index in [0.29, 0.717) is 28.6 Å². The number of sulfonamides is 9. The van der Waals surface area contributed by atoms with E-state index in [-0.39, 0.29) is 311 Å². The molecule has 0 radical (unpaired) electrons. The molecular formula is C69H72ClN10Na9O19S9. The van der Waals surface area contributed by atoms with E-state index in [1.54, 1.807) is 158 Å². The molecule has 29 nitrogen and oxygen atoms in total. The van der Waals surface area contributed by atoms with Crippen LogP contribution in [0, 0.1) is 20.8 Å². The fraction of sp³-hybridized carbons (Fsp3) is 0.116. The maximum Gasteiger partial charge on any atom is 1.00 e. The molecule has 1 aliphatic heterocycles. The van der Waals surface area contributed by atoms with Gasteiger partial charge in [0.15, 0.2) is 0 Å². The smallest absolute Gasteiger partial charge is 0.573 e. The number of nitrogen functional groups attached to an aromatic ring is 1. The summed E-state index contributed by atoms with van der Waals surface area (Å²) in [6.45, 7) is 8.08. The number of amides is 1. The van der Waals surface area contributed by atoms with E-state index in [1.807, 2.05) is 39.8 Å². The van der Waals surface area contributed by atoms with Crippen LogP contribution in [0.15, 0.2) is 306 Å². The summed E-state index contributed by atoms with van der Waals surface area (Å²) in [5.74, 6) is -0.675. The van der Waals surface area contributed by atoms with Crippen molar-refractivity contribution in [3.63, 3.8) is 0 Å². The van der Waals surface area contributed by atoms with Crippen LogP contribution in [0.2, 0.25) is 5.02 Å². The summed E-state index contributed by atoms with van der Waals surface area (Å²) >= 11 is 5.51. The number of hydrogen-bond donors (Lipinski definition) is 1. The van der Waals surface area contributed by atoms with E-state index in [4.69, 9.17) is 43.0 Å². The second kappa shape index (κ2) is 62.8. The Bertz CT molecular complexity index is 5480. The van der Waals surface area contributed by atoms with Crippen LogP contribution in [0.25, 0.3) is 44.6 Å². The first kappa shape index (κ1) is 130. The molecule has 0 saturated heterocycles. The monoisotopic (exact) mass is 1870 g/mol. The zero-order valence-electron chi connectivity index (χ0n) is 66.7. The van der Waals surface area contributed by atoms with Gasteiger partial charge in [0.2, 0.25) is 0 Å². The molecule has 0 atom stereocenters. The topological polar surface area (TPSA) is 526 Å². The van der Waals surface area contributed by atoms with Gasteiger partial charge in [0.25, 0.3) is 0 Å². The van der Waals surface area contributed by atoms with Gasteiger partial charge in [-0.2, -0.15) is 0 Å². The number of benzene rings is 10. The first-order chi connectivity index (χ1) is 50.0. The number of fused-ring (bicyclic) bond motifs is 1. The molecule has 0 aromatic heterocycles. The van der Waals surface area contributed by atoms with Crippen LogP contribution in [0.4, 0.5) is 17.1 Å². The van der Waals surface area contributed by atoms with Gasteiger partial charge in [0.05, 0.1) is 70.7 Å². The molecule has 1 aliphatic rings. The van der Waals surface area contributed by atoms with Gasteiger partial charge in [-0.3, -0.25) is 0 Å². The van der Waals surface area contributed by atoms with Gasteiger partial charge in [-0.05, 0) is 136 Å². The zero-order valence-corrected chi connectivity index (χ0v) is 92.8. The Morgan fingerprint density at radius 3 is 0.906 bits per heavy atom. The van der Waals surface area contributed by atoms with Gasteiger partial charge in [-0.1, -0.05) is 200 Å². The van der Waals surface area contributed by atoms with Crippen LogP contribution in [0.3, 0.4) is 0 Å². The Balaban J connectivity index is -0.000000233. The maximum absolute atomic E-state index is 11.9. The average molecular weight is 1880 g/mol. The van der Waals surface area contributed by atoms with Crippen LogP contribution in [0.5, 0.6) is 0 Å². The number of carbonyl (C=O) groups is 1. The number of rotatable bonds is 15. The Kier molecular flexibility index (Phi) is 69.6. The second-order valence-electron chi connectivity index (χ2n) is 21.7. The van der Waals surface area contributed by atoms with Crippen LogP contribution in [-0.4, -0.2) is 94.5 Å². The van der Waals surface area contributed by atoms with E-state index in [2.05, 4.69) is 18.9 Å². The number of unbranched alkanes of at least 4 members (excludes halogenated alkanes) is 1. The third kappa shape index (κ3) is 54.5. The van der Waals surface area contributed by atoms with Crippen molar-refractivity contribution in [3.05, 3.63) is 339 Å². The molecule has 0 spiro atoms. The molecule has 11 rings (SSSR count). The zero-order chi connectivity index (χ0) is 81.4. The van der Waals surface area contributed by atoms with Crippen LogP contribution < -0.4 is 272 Å². The summed E-state index contributed by atoms with van der Waals surface area (Å²) in [4.78, 5) is 11.7. The van der Waals surface area contributed by atoms with Crippen molar-refractivity contribution >= 4 is 125 Å². The van der Waals surface area contributed by atoms with Crippen LogP contribution in [-0.2, 0) is 90.2 Å². The number of nitrogens with one attached hydrogen (secondary N) is 5. The van der Waals surface area contributed by atoms with E-state index < -0.39 is 96.1 Å². The van der Waals surface area contributed by atoms with Crippen LogP contribution >= 0.6 is 11.6 Å². The minimum Gasteiger partial charge on any atom is -0.573 e. The Labute approximate surface area is 893 Å². The Hall–Kier alpha value is -0.330. The summed E-state index contributed by atoms with van der Waals surface area (Å²) in [6, 6.07) is 69.6.